The maximum absolute atomic E-state index is 12.5. The van der Waals surface area contributed by atoms with Crippen molar-refractivity contribution in [1.29, 1.82) is 0 Å². The summed E-state index contributed by atoms with van der Waals surface area (Å²) in [6, 6.07) is 8.31. The van der Waals surface area contributed by atoms with Crippen LogP contribution in [0, 0.1) is 13.8 Å². The van der Waals surface area contributed by atoms with Gasteiger partial charge < -0.3 is 10.2 Å². The lowest BCUT2D eigenvalue weighted by Crippen LogP contribution is -2.42. The van der Waals surface area contributed by atoms with Crippen LogP contribution in [0.2, 0.25) is 0 Å². The van der Waals surface area contributed by atoms with Crippen LogP contribution in [0.4, 0.5) is 0 Å². The Balaban J connectivity index is 1.28. The van der Waals surface area contributed by atoms with Crippen LogP contribution in [0.1, 0.15) is 21.6 Å². The van der Waals surface area contributed by atoms with Crippen LogP contribution in [0.15, 0.2) is 47.2 Å². The van der Waals surface area contributed by atoms with E-state index in [4.69, 9.17) is 0 Å². The molecule has 0 spiro atoms. The molecule has 2 amide bonds. The molecule has 1 aromatic carbocycles. The molecule has 0 saturated carbocycles. The zero-order valence-electron chi connectivity index (χ0n) is 17.1. The third kappa shape index (κ3) is 4.60. The number of imidazole rings is 1. The van der Waals surface area contributed by atoms with Crippen molar-refractivity contribution >= 4 is 34.9 Å². The molecule has 0 atom stereocenters. The zero-order valence-corrected chi connectivity index (χ0v) is 18.7. The van der Waals surface area contributed by atoms with E-state index >= 15 is 0 Å². The molecule has 0 aliphatic carbocycles. The Labute approximate surface area is 184 Å². The SMILES string of the molecule is Cc1ccc(-n2ccnc2SCC(=O)NCC(=O)N2CCc3sccc3C2)cc1C. The second kappa shape index (κ2) is 9.06. The fraction of sp³-hybridized carbons (Fsp3) is 0.318. The molecule has 1 aliphatic heterocycles. The number of thioether (sulfide) groups is 1. The van der Waals surface area contributed by atoms with Gasteiger partial charge in [-0.25, -0.2) is 4.98 Å². The number of aromatic nitrogens is 2. The predicted molar refractivity (Wildman–Crippen MR) is 120 cm³/mol. The fourth-order valence-electron chi connectivity index (χ4n) is 3.40. The van der Waals surface area contributed by atoms with Crippen LogP contribution in [-0.2, 0) is 22.6 Å². The molecule has 156 valence electrons. The van der Waals surface area contributed by atoms with Crippen LogP contribution in [-0.4, -0.2) is 45.1 Å². The summed E-state index contributed by atoms with van der Waals surface area (Å²) >= 11 is 3.11. The van der Waals surface area contributed by atoms with Gasteiger partial charge in [0, 0.05) is 36.0 Å². The lowest BCUT2D eigenvalue weighted by molar-refractivity contribution is -0.133. The highest BCUT2D eigenvalue weighted by Crippen LogP contribution is 2.24. The second-order valence-corrected chi connectivity index (χ2v) is 9.29. The third-order valence-corrected chi connectivity index (χ3v) is 7.29. The summed E-state index contributed by atoms with van der Waals surface area (Å²) in [6.45, 7) is 5.54. The molecule has 30 heavy (non-hydrogen) atoms. The topological polar surface area (TPSA) is 67.2 Å². The van der Waals surface area contributed by atoms with Gasteiger partial charge in [-0.05, 0) is 60.5 Å². The van der Waals surface area contributed by atoms with Crippen molar-refractivity contribution in [2.75, 3.05) is 18.8 Å². The molecule has 4 rings (SSSR count). The normalized spacial score (nSPS) is 13.2. The van der Waals surface area contributed by atoms with E-state index in [-0.39, 0.29) is 24.1 Å². The molecular weight excluding hydrogens is 416 g/mol. The predicted octanol–water partition coefficient (Wildman–Crippen LogP) is 3.34. The molecule has 0 radical (unpaired) electrons. The molecule has 0 unspecified atom stereocenters. The average Bonchev–Trinajstić information content (AvgIpc) is 3.41. The molecule has 2 aromatic heterocycles. The lowest BCUT2D eigenvalue weighted by atomic mass is 10.1. The van der Waals surface area contributed by atoms with Gasteiger partial charge in [-0.1, -0.05) is 17.8 Å². The molecule has 3 aromatic rings. The molecule has 0 saturated heterocycles. The summed E-state index contributed by atoms with van der Waals surface area (Å²) in [5, 5.41) is 5.57. The standard InChI is InChI=1S/C22H24N4O2S2/c1-15-3-4-18(11-16(15)2)26-9-7-23-22(26)30-14-20(27)24-12-21(28)25-8-5-19-17(13-25)6-10-29-19/h3-4,6-7,9-11H,5,8,12-14H2,1-2H3,(H,24,27). The van der Waals surface area contributed by atoms with Crippen molar-refractivity contribution < 1.29 is 9.59 Å². The van der Waals surface area contributed by atoms with Gasteiger partial charge in [0.1, 0.15) is 0 Å². The van der Waals surface area contributed by atoms with E-state index in [0.29, 0.717) is 13.1 Å². The number of aryl methyl sites for hydroxylation is 2. The van der Waals surface area contributed by atoms with Crippen molar-refractivity contribution in [3.05, 3.63) is 63.6 Å². The Morgan fingerprint density at radius 3 is 2.93 bits per heavy atom. The van der Waals surface area contributed by atoms with E-state index in [1.165, 1.54) is 33.3 Å². The van der Waals surface area contributed by atoms with Gasteiger partial charge in [-0.2, -0.15) is 0 Å². The van der Waals surface area contributed by atoms with E-state index in [1.54, 1.807) is 17.5 Å². The summed E-state index contributed by atoms with van der Waals surface area (Å²) in [6.07, 6.45) is 4.51. The first-order valence-corrected chi connectivity index (χ1v) is 11.7. The Morgan fingerprint density at radius 1 is 1.23 bits per heavy atom. The van der Waals surface area contributed by atoms with Crippen LogP contribution in [0.3, 0.4) is 0 Å². The number of carbonyl (C=O) groups is 2. The van der Waals surface area contributed by atoms with Gasteiger partial charge in [0.25, 0.3) is 0 Å². The van der Waals surface area contributed by atoms with Crippen LogP contribution >= 0.6 is 23.1 Å². The third-order valence-electron chi connectivity index (χ3n) is 5.30. The van der Waals surface area contributed by atoms with E-state index in [0.717, 1.165) is 17.3 Å². The molecule has 1 aliphatic rings. The summed E-state index contributed by atoms with van der Waals surface area (Å²) in [7, 11) is 0. The van der Waals surface area contributed by atoms with Crippen molar-refractivity contribution in [2.24, 2.45) is 0 Å². The largest absolute Gasteiger partial charge is 0.346 e. The number of amides is 2. The number of nitrogens with one attached hydrogen (secondary N) is 1. The number of benzene rings is 1. The van der Waals surface area contributed by atoms with Gasteiger partial charge in [-0.15, -0.1) is 11.3 Å². The Hall–Kier alpha value is -2.58. The maximum Gasteiger partial charge on any atom is 0.242 e. The summed E-state index contributed by atoms with van der Waals surface area (Å²) in [5.74, 6) is 0.00198. The first kappa shape index (κ1) is 20.7. The molecule has 1 N–H and O–H groups in total. The second-order valence-electron chi connectivity index (χ2n) is 7.35. The number of nitrogens with zero attached hydrogens (tertiary/aromatic N) is 3. The van der Waals surface area contributed by atoms with Gasteiger partial charge in [-0.3, -0.25) is 14.2 Å². The fourth-order valence-corrected chi connectivity index (χ4v) is 5.09. The number of rotatable bonds is 6. The highest BCUT2D eigenvalue weighted by molar-refractivity contribution is 7.99. The van der Waals surface area contributed by atoms with E-state index in [1.807, 2.05) is 21.7 Å². The van der Waals surface area contributed by atoms with E-state index in [2.05, 4.69) is 47.7 Å². The minimum Gasteiger partial charge on any atom is -0.346 e. The zero-order chi connectivity index (χ0) is 21.1. The Kier molecular flexibility index (Phi) is 6.24. The van der Waals surface area contributed by atoms with Gasteiger partial charge in [0.15, 0.2) is 5.16 Å². The molecular formula is C22H24N4O2S2. The van der Waals surface area contributed by atoms with Gasteiger partial charge >= 0.3 is 0 Å². The highest BCUT2D eigenvalue weighted by atomic mass is 32.2. The minimum atomic E-state index is -0.170. The van der Waals surface area contributed by atoms with Gasteiger partial charge in [0.05, 0.1) is 12.3 Å². The molecule has 0 bridgehead atoms. The molecule has 3 heterocycles. The highest BCUT2D eigenvalue weighted by Gasteiger charge is 2.21. The van der Waals surface area contributed by atoms with Gasteiger partial charge in [0.2, 0.25) is 11.8 Å². The van der Waals surface area contributed by atoms with Crippen molar-refractivity contribution in [3.63, 3.8) is 0 Å². The summed E-state index contributed by atoms with van der Waals surface area (Å²) < 4.78 is 1.97. The van der Waals surface area contributed by atoms with Crippen molar-refractivity contribution in [2.45, 2.75) is 32.0 Å². The first-order chi connectivity index (χ1) is 14.5. The number of hydrogen-bond acceptors (Lipinski definition) is 5. The minimum absolute atomic E-state index is 0.0322. The average molecular weight is 441 g/mol. The molecule has 6 nitrogen and oxygen atoms in total. The number of fused-ring (bicyclic) bond motifs is 1. The molecule has 8 heteroatoms. The summed E-state index contributed by atoms with van der Waals surface area (Å²) in [5.41, 5.74) is 4.69. The Morgan fingerprint density at radius 2 is 2.10 bits per heavy atom. The lowest BCUT2D eigenvalue weighted by Gasteiger charge is -2.27. The number of carbonyl (C=O) groups excluding carboxylic acids is 2. The Bertz CT molecular complexity index is 1070. The number of thiophene rings is 1. The van der Waals surface area contributed by atoms with Crippen molar-refractivity contribution in [1.82, 2.24) is 19.8 Å². The van der Waals surface area contributed by atoms with E-state index < -0.39 is 0 Å². The smallest absolute Gasteiger partial charge is 0.242 e. The summed E-state index contributed by atoms with van der Waals surface area (Å²) in [4.78, 5) is 32.3. The van der Waals surface area contributed by atoms with Crippen molar-refractivity contribution in [3.8, 4) is 5.69 Å². The maximum atomic E-state index is 12.5. The van der Waals surface area contributed by atoms with Crippen LogP contribution in [0.25, 0.3) is 5.69 Å². The molecule has 0 fully saturated rings. The number of hydrogen-bond donors (Lipinski definition) is 1. The van der Waals surface area contributed by atoms with Crippen LogP contribution in [0.5, 0.6) is 0 Å². The quantitative estimate of drug-likeness (QED) is 0.597. The first-order valence-electron chi connectivity index (χ1n) is 9.85. The monoisotopic (exact) mass is 440 g/mol. The van der Waals surface area contributed by atoms with Crippen LogP contribution < -0.4 is 5.32 Å². The van der Waals surface area contributed by atoms with E-state index in [9.17, 15) is 9.59 Å².